The average molecular weight is 175 g/mol. The molecule has 0 unspecified atom stereocenters. The zero-order valence-corrected chi connectivity index (χ0v) is 8.08. The molecule has 0 saturated heterocycles. The van der Waals surface area contributed by atoms with Crippen LogP contribution in [0, 0.1) is 5.92 Å². The lowest BCUT2D eigenvalue weighted by atomic mass is 10.2. The van der Waals surface area contributed by atoms with E-state index in [2.05, 4.69) is 26.7 Å². The van der Waals surface area contributed by atoms with Crippen LogP contribution in [0.25, 0.3) is 0 Å². The fraction of sp³-hybridized carbons (Fsp3) is 1.00. The van der Waals surface area contributed by atoms with Crippen LogP contribution in [0.4, 0.5) is 0 Å². The minimum atomic E-state index is 0.168. The Kier molecular flexibility index (Phi) is 6.34. The van der Waals surface area contributed by atoms with Gasteiger partial charge in [0.1, 0.15) is 0 Å². The van der Waals surface area contributed by atoms with E-state index < -0.39 is 0 Å². The van der Waals surface area contributed by atoms with Crippen LogP contribution < -0.4 is 0 Å². The van der Waals surface area contributed by atoms with Crippen LogP contribution in [0.5, 0.6) is 0 Å². The third-order valence-corrected chi connectivity index (χ3v) is 3.88. The molecule has 0 bridgehead atoms. The van der Waals surface area contributed by atoms with Crippen molar-refractivity contribution < 1.29 is 0 Å². The fourth-order valence-electron chi connectivity index (χ4n) is 0.390. The summed E-state index contributed by atoms with van der Waals surface area (Å²) in [5.41, 5.74) is 0. The monoisotopic (exact) mass is 174 g/mol. The van der Waals surface area contributed by atoms with Crippen LogP contribution in [0.1, 0.15) is 20.3 Å². The van der Waals surface area contributed by atoms with Gasteiger partial charge in [-0.1, -0.05) is 26.2 Å². The van der Waals surface area contributed by atoms with Gasteiger partial charge in [-0.15, -0.1) is 4.55 Å². The van der Waals surface area contributed by atoms with E-state index in [4.69, 9.17) is 0 Å². The Balaban J connectivity index is 2.83. The van der Waals surface area contributed by atoms with Crippen molar-refractivity contribution in [3.8, 4) is 0 Å². The first-order valence-electron chi connectivity index (χ1n) is 2.87. The van der Waals surface area contributed by atoms with Crippen molar-refractivity contribution in [1.82, 2.24) is 0 Å². The third kappa shape index (κ3) is 5.11. The highest BCUT2D eigenvalue weighted by atomic mass is 79.9. The van der Waals surface area contributed by atoms with E-state index >= 15 is 0 Å². The highest BCUT2D eigenvalue weighted by Gasteiger charge is 1.97. The molecule has 0 aliphatic carbocycles. The predicted molar refractivity (Wildman–Crippen MR) is 38.9 cm³/mol. The molecule has 0 nitrogen and oxygen atoms in total. The molecule has 2 heteroatoms. The first-order valence-corrected chi connectivity index (χ1v) is 7.77. The van der Waals surface area contributed by atoms with Crippen LogP contribution >= 0.6 is 12.9 Å². The molecule has 0 N–H and O–H groups in total. The molecule has 0 aromatic heterocycles. The largest absolute Gasteiger partial charge is 0.468 e. The van der Waals surface area contributed by atoms with E-state index in [9.17, 15) is 0 Å². The van der Waals surface area contributed by atoms with Gasteiger partial charge in [-0.05, 0) is 0 Å². The van der Waals surface area contributed by atoms with E-state index in [1.807, 2.05) is 0 Å². The highest BCUT2D eigenvalue weighted by Crippen LogP contribution is 2.06. The van der Waals surface area contributed by atoms with Crippen LogP contribution in [0.3, 0.4) is 0 Å². The minimum absolute atomic E-state index is 0.168. The van der Waals surface area contributed by atoms with Gasteiger partial charge in [-0.2, -0.15) is 0 Å². The van der Waals surface area contributed by atoms with Crippen LogP contribution in [-0.2, 0) is 0 Å². The smallest absolute Gasteiger partial charge is 0.307 e. The minimum Gasteiger partial charge on any atom is -0.307 e. The topological polar surface area (TPSA) is 0 Å². The maximum absolute atomic E-state index is 3.53. The Hall–Kier alpha value is 1.25. The van der Waals surface area contributed by atoms with Gasteiger partial charge in [0.2, 0.25) is 0 Å². The van der Waals surface area contributed by atoms with Gasteiger partial charge >= 0.3 is 18.2 Å². The van der Waals surface area contributed by atoms with E-state index in [1.54, 1.807) is 0 Å². The molecule has 0 fully saturated rings. The molecule has 0 aliphatic rings. The molecule has 0 saturated carbocycles. The summed E-state index contributed by atoms with van der Waals surface area (Å²) in [5.74, 6) is 0.964. The highest BCUT2D eigenvalue weighted by molar-refractivity contribution is 9.23. The SMILES string of the molecule is CC[C@@H](C)[CH2][Mg][Br]. The average Bonchev–Trinajstić information content (AvgIpc) is 1.68. The molecular formula is C5H11BrMg. The van der Waals surface area contributed by atoms with Crippen molar-refractivity contribution in [2.45, 2.75) is 24.8 Å². The summed E-state index contributed by atoms with van der Waals surface area (Å²) in [6.45, 7) is 4.57. The third-order valence-electron chi connectivity index (χ3n) is 1.30. The molecular weight excluding hydrogens is 164 g/mol. The predicted octanol–water partition coefficient (Wildman–Crippen LogP) is 2.46. The van der Waals surface area contributed by atoms with Crippen LogP contribution in [0.15, 0.2) is 0 Å². The molecule has 40 valence electrons. The first kappa shape index (κ1) is 8.25. The normalized spacial score (nSPS) is 13.0. The summed E-state index contributed by atoms with van der Waals surface area (Å²) in [6, 6.07) is 0. The summed E-state index contributed by atoms with van der Waals surface area (Å²) in [6.07, 6.45) is 1.35. The molecule has 0 aromatic rings. The number of rotatable bonds is 3. The summed E-state index contributed by atoms with van der Waals surface area (Å²) in [7, 11) is 0. The second kappa shape index (κ2) is 5.38. The van der Waals surface area contributed by atoms with Crippen molar-refractivity contribution in [1.29, 1.82) is 0 Å². The molecule has 0 aliphatic heterocycles. The van der Waals surface area contributed by atoms with Gasteiger partial charge in [0, 0.05) is 0 Å². The molecule has 1 atom stereocenters. The van der Waals surface area contributed by atoms with Crippen LogP contribution in [0.2, 0.25) is 4.55 Å². The maximum atomic E-state index is 3.53. The Morgan fingerprint density at radius 3 is 2.43 bits per heavy atom. The number of halogens is 1. The number of hydrogen-bond acceptors (Lipinski definition) is 0. The molecule has 0 amide bonds. The summed E-state index contributed by atoms with van der Waals surface area (Å²) < 4.78 is 1.45. The van der Waals surface area contributed by atoms with Crippen molar-refractivity contribution in [2.75, 3.05) is 0 Å². The molecule has 0 heterocycles. The molecule has 0 spiro atoms. The fourth-order valence-corrected chi connectivity index (χ4v) is 3.52. The lowest BCUT2D eigenvalue weighted by molar-refractivity contribution is 0.625. The number of hydrogen-bond donors (Lipinski definition) is 0. The summed E-state index contributed by atoms with van der Waals surface area (Å²) >= 11 is 3.70. The second-order valence-electron chi connectivity index (χ2n) is 1.99. The maximum Gasteiger partial charge on any atom is 0.468 e. The van der Waals surface area contributed by atoms with Crippen molar-refractivity contribution in [2.24, 2.45) is 5.92 Å². The second-order valence-corrected chi connectivity index (χ2v) is 5.33. The van der Waals surface area contributed by atoms with Gasteiger partial charge in [0.15, 0.2) is 0 Å². The van der Waals surface area contributed by atoms with Gasteiger partial charge in [-0.25, -0.2) is 0 Å². The lowest BCUT2D eigenvalue weighted by Crippen LogP contribution is -1.91. The van der Waals surface area contributed by atoms with Crippen molar-refractivity contribution in [3.63, 3.8) is 0 Å². The Bertz CT molecular complexity index is 39.1. The van der Waals surface area contributed by atoms with Gasteiger partial charge in [0.25, 0.3) is 0 Å². The van der Waals surface area contributed by atoms with Gasteiger partial charge < -0.3 is 12.9 Å². The van der Waals surface area contributed by atoms with E-state index in [1.165, 1.54) is 11.0 Å². The molecule has 0 aromatic carbocycles. The van der Waals surface area contributed by atoms with Gasteiger partial charge in [-0.3, -0.25) is 0 Å². The Labute approximate surface area is 61.7 Å². The van der Waals surface area contributed by atoms with Crippen molar-refractivity contribution in [3.05, 3.63) is 0 Å². The Morgan fingerprint density at radius 1 is 1.71 bits per heavy atom. The lowest BCUT2D eigenvalue weighted by Gasteiger charge is -2.01. The quantitative estimate of drug-likeness (QED) is 0.578. The van der Waals surface area contributed by atoms with E-state index in [0.717, 1.165) is 5.92 Å². The van der Waals surface area contributed by atoms with Gasteiger partial charge in [0.05, 0.1) is 0 Å². The zero-order chi connectivity index (χ0) is 5.70. The summed E-state index contributed by atoms with van der Waals surface area (Å²) in [4.78, 5) is 0. The van der Waals surface area contributed by atoms with E-state index in [-0.39, 0.29) is 18.2 Å². The molecule has 0 radical (unpaired) electrons. The Morgan fingerprint density at radius 2 is 2.29 bits per heavy atom. The van der Waals surface area contributed by atoms with Crippen LogP contribution in [-0.4, -0.2) is 18.2 Å². The first-order chi connectivity index (χ1) is 3.31. The standard InChI is InChI=1S/C5H11.BrH.Mg/c1-4-5(2)3;;/h5H,2,4H2,1,3H3;1H;/q;;+1/p-1/t5-;;/m1../s1. The van der Waals surface area contributed by atoms with Crippen molar-refractivity contribution >= 4 is 31.1 Å². The molecule has 0 rings (SSSR count). The molecule has 7 heavy (non-hydrogen) atoms. The zero-order valence-electron chi connectivity index (χ0n) is 5.08. The van der Waals surface area contributed by atoms with E-state index in [0.29, 0.717) is 0 Å². The summed E-state index contributed by atoms with van der Waals surface area (Å²) in [5, 5.41) is 0.